The van der Waals surface area contributed by atoms with Crippen LogP contribution in [0.1, 0.15) is 46.5 Å². The molecule has 5 unspecified atom stereocenters. The van der Waals surface area contributed by atoms with Gasteiger partial charge in [0.25, 0.3) is 0 Å². The fourth-order valence-corrected chi connectivity index (χ4v) is 2.35. The van der Waals surface area contributed by atoms with Gasteiger partial charge in [-0.1, -0.05) is 19.8 Å². The molecule has 1 aliphatic rings. The molecule has 1 fully saturated rings. The van der Waals surface area contributed by atoms with Crippen LogP contribution in [-0.2, 0) is 4.74 Å². The van der Waals surface area contributed by atoms with E-state index in [9.17, 15) is 5.11 Å². The first-order valence-corrected chi connectivity index (χ1v) is 6.27. The van der Waals surface area contributed by atoms with Gasteiger partial charge in [0, 0.05) is 0 Å². The van der Waals surface area contributed by atoms with Gasteiger partial charge in [-0.2, -0.15) is 5.26 Å². The summed E-state index contributed by atoms with van der Waals surface area (Å²) in [5.41, 5.74) is 0. The van der Waals surface area contributed by atoms with Crippen molar-refractivity contribution in [2.75, 3.05) is 0 Å². The molecule has 0 aliphatic heterocycles. The second kappa shape index (κ2) is 6.22. The molecule has 0 spiro atoms. The minimum Gasteiger partial charge on any atom is -0.391 e. The number of nitriles is 1. The molecule has 0 aromatic heterocycles. The Morgan fingerprint density at radius 2 is 2.06 bits per heavy atom. The number of hydrogen-bond acceptors (Lipinski definition) is 3. The summed E-state index contributed by atoms with van der Waals surface area (Å²) < 4.78 is 5.64. The molecule has 0 bridgehead atoms. The molecule has 1 saturated carbocycles. The van der Waals surface area contributed by atoms with Crippen LogP contribution < -0.4 is 0 Å². The van der Waals surface area contributed by atoms with E-state index in [0.717, 1.165) is 12.8 Å². The van der Waals surface area contributed by atoms with E-state index in [-0.39, 0.29) is 12.2 Å². The summed E-state index contributed by atoms with van der Waals surface area (Å²) in [6.45, 7) is 5.75. The summed E-state index contributed by atoms with van der Waals surface area (Å²) in [5.74, 6) is 1.04. The van der Waals surface area contributed by atoms with Crippen LogP contribution in [0.2, 0.25) is 0 Å². The van der Waals surface area contributed by atoms with E-state index in [1.807, 2.05) is 6.92 Å². The summed E-state index contributed by atoms with van der Waals surface area (Å²) in [6.07, 6.45) is 3.47. The molecule has 1 rings (SSSR count). The third-order valence-electron chi connectivity index (χ3n) is 3.57. The maximum Gasteiger partial charge on any atom is 0.147 e. The second-order valence-corrected chi connectivity index (χ2v) is 5.16. The Bertz CT molecular complexity index is 247. The molecule has 0 radical (unpaired) electrons. The lowest BCUT2D eigenvalue weighted by molar-refractivity contribution is -0.0671. The van der Waals surface area contributed by atoms with Crippen LogP contribution in [0.25, 0.3) is 0 Å². The Morgan fingerprint density at radius 3 is 2.56 bits per heavy atom. The summed E-state index contributed by atoms with van der Waals surface area (Å²) in [5, 5.41) is 18.5. The van der Waals surface area contributed by atoms with Crippen LogP contribution in [0.3, 0.4) is 0 Å². The predicted octanol–water partition coefficient (Wildman–Crippen LogP) is 2.49. The molecular weight excluding hydrogens is 202 g/mol. The Balaban J connectivity index is 2.50. The highest BCUT2D eigenvalue weighted by Gasteiger charge is 2.29. The minimum atomic E-state index is -0.517. The number of aliphatic hydroxyl groups excluding tert-OH is 1. The Morgan fingerprint density at radius 1 is 1.38 bits per heavy atom. The highest BCUT2D eigenvalue weighted by Crippen LogP contribution is 2.32. The van der Waals surface area contributed by atoms with Gasteiger partial charge in [-0.05, 0) is 38.5 Å². The van der Waals surface area contributed by atoms with Gasteiger partial charge >= 0.3 is 0 Å². The topological polar surface area (TPSA) is 53.2 Å². The number of hydrogen-bond donors (Lipinski definition) is 1. The van der Waals surface area contributed by atoms with E-state index in [0.29, 0.717) is 11.8 Å². The zero-order chi connectivity index (χ0) is 12.1. The van der Waals surface area contributed by atoms with Crippen LogP contribution in [-0.4, -0.2) is 23.4 Å². The van der Waals surface area contributed by atoms with Crippen LogP contribution in [0.15, 0.2) is 0 Å². The number of aliphatic hydroxyl groups is 1. The van der Waals surface area contributed by atoms with E-state index in [2.05, 4.69) is 13.0 Å². The fraction of sp³-hybridized carbons (Fsp3) is 0.923. The third kappa shape index (κ3) is 3.77. The summed E-state index contributed by atoms with van der Waals surface area (Å²) >= 11 is 0. The second-order valence-electron chi connectivity index (χ2n) is 5.16. The lowest BCUT2D eigenvalue weighted by Gasteiger charge is -2.31. The first-order valence-electron chi connectivity index (χ1n) is 6.27. The van der Waals surface area contributed by atoms with Crippen LogP contribution in [0.5, 0.6) is 0 Å². The molecular formula is C13H23NO2. The summed E-state index contributed by atoms with van der Waals surface area (Å²) in [4.78, 5) is 0. The molecule has 1 N–H and O–H groups in total. The normalized spacial score (nSPS) is 31.4. The fourth-order valence-electron chi connectivity index (χ4n) is 2.35. The Labute approximate surface area is 98.4 Å². The minimum absolute atomic E-state index is 0.262. The van der Waals surface area contributed by atoms with Gasteiger partial charge in [0.1, 0.15) is 6.10 Å². The van der Waals surface area contributed by atoms with Crippen LogP contribution >= 0.6 is 0 Å². The van der Waals surface area contributed by atoms with Gasteiger partial charge in [0.2, 0.25) is 0 Å². The van der Waals surface area contributed by atoms with Crippen LogP contribution in [0, 0.1) is 23.2 Å². The average Bonchev–Trinajstić information content (AvgIpc) is 2.25. The largest absolute Gasteiger partial charge is 0.391 e. The highest BCUT2D eigenvalue weighted by atomic mass is 16.5. The van der Waals surface area contributed by atoms with Crippen molar-refractivity contribution in [2.24, 2.45) is 11.8 Å². The lowest BCUT2D eigenvalue weighted by atomic mass is 9.80. The smallest absolute Gasteiger partial charge is 0.147 e. The maximum atomic E-state index is 9.38. The van der Waals surface area contributed by atoms with Crippen molar-refractivity contribution in [1.29, 1.82) is 5.26 Å². The first kappa shape index (κ1) is 13.5. The van der Waals surface area contributed by atoms with Crippen molar-refractivity contribution in [2.45, 2.75) is 64.8 Å². The van der Waals surface area contributed by atoms with Gasteiger partial charge in [-0.3, -0.25) is 0 Å². The van der Waals surface area contributed by atoms with Crippen molar-refractivity contribution in [3.63, 3.8) is 0 Å². The van der Waals surface area contributed by atoms with Crippen molar-refractivity contribution in [3.8, 4) is 6.07 Å². The highest BCUT2D eigenvalue weighted by molar-refractivity contribution is 4.92. The molecule has 1 aliphatic carbocycles. The van der Waals surface area contributed by atoms with E-state index < -0.39 is 6.10 Å². The lowest BCUT2D eigenvalue weighted by Crippen LogP contribution is -2.34. The van der Waals surface area contributed by atoms with E-state index in [1.165, 1.54) is 12.8 Å². The predicted molar refractivity (Wildman–Crippen MR) is 62.8 cm³/mol. The van der Waals surface area contributed by atoms with Gasteiger partial charge < -0.3 is 9.84 Å². The molecule has 3 nitrogen and oxygen atoms in total. The van der Waals surface area contributed by atoms with Crippen molar-refractivity contribution in [1.82, 2.24) is 0 Å². The van der Waals surface area contributed by atoms with E-state index in [1.54, 1.807) is 6.92 Å². The van der Waals surface area contributed by atoms with Gasteiger partial charge in [0.15, 0.2) is 0 Å². The van der Waals surface area contributed by atoms with E-state index >= 15 is 0 Å². The Kier molecular flexibility index (Phi) is 5.24. The SMILES string of the molecule is CC1CCCC(C(C#N)OC(C)C(C)O)C1. The van der Waals surface area contributed by atoms with Gasteiger partial charge in [-0.15, -0.1) is 0 Å². The average molecular weight is 225 g/mol. The zero-order valence-corrected chi connectivity index (χ0v) is 10.5. The third-order valence-corrected chi connectivity index (χ3v) is 3.57. The molecule has 0 amide bonds. The summed E-state index contributed by atoms with van der Waals surface area (Å²) in [6, 6.07) is 2.24. The van der Waals surface area contributed by atoms with Crippen LogP contribution in [0.4, 0.5) is 0 Å². The standard InChI is InChI=1S/C13H23NO2/c1-9-5-4-6-12(7-9)13(8-14)16-11(3)10(2)15/h9-13,15H,4-7H2,1-3H3. The van der Waals surface area contributed by atoms with Crippen molar-refractivity contribution < 1.29 is 9.84 Å². The zero-order valence-electron chi connectivity index (χ0n) is 10.5. The van der Waals surface area contributed by atoms with Gasteiger partial charge in [-0.25, -0.2) is 0 Å². The number of rotatable bonds is 4. The molecule has 92 valence electrons. The van der Waals surface area contributed by atoms with Crippen molar-refractivity contribution in [3.05, 3.63) is 0 Å². The monoisotopic (exact) mass is 225 g/mol. The van der Waals surface area contributed by atoms with Gasteiger partial charge in [0.05, 0.1) is 18.3 Å². The first-order chi connectivity index (χ1) is 7.54. The molecule has 3 heteroatoms. The number of nitrogens with zero attached hydrogens (tertiary/aromatic N) is 1. The summed E-state index contributed by atoms with van der Waals surface area (Å²) in [7, 11) is 0. The Hall–Kier alpha value is -0.590. The molecule has 16 heavy (non-hydrogen) atoms. The molecule has 5 atom stereocenters. The quantitative estimate of drug-likeness (QED) is 0.799. The van der Waals surface area contributed by atoms with E-state index in [4.69, 9.17) is 10.00 Å². The van der Waals surface area contributed by atoms with Crippen molar-refractivity contribution >= 4 is 0 Å². The molecule has 0 aromatic rings. The molecule has 0 heterocycles. The molecule has 0 saturated heterocycles. The number of ether oxygens (including phenoxy) is 1. The molecule has 0 aromatic carbocycles. The maximum absolute atomic E-state index is 9.38.